The van der Waals surface area contributed by atoms with E-state index in [2.05, 4.69) is 12.2 Å². The quantitative estimate of drug-likeness (QED) is 0.498. The van der Waals surface area contributed by atoms with Crippen LogP contribution < -0.4 is 5.32 Å². The molecule has 0 aliphatic carbocycles. The van der Waals surface area contributed by atoms with Crippen LogP contribution >= 0.6 is 0 Å². The van der Waals surface area contributed by atoms with Crippen LogP contribution in [-0.4, -0.2) is 53.2 Å². The lowest BCUT2D eigenvalue weighted by Gasteiger charge is -2.06. The Morgan fingerprint density at radius 3 is 2.27 bits per heavy atom. The van der Waals surface area contributed by atoms with Crippen molar-refractivity contribution in [1.29, 1.82) is 0 Å². The number of hydrogen-bond donors (Lipinski definition) is 1. The number of hydrogen-bond acceptors (Lipinski definition) is 4. The second-order valence-corrected chi connectivity index (χ2v) is 3.32. The molecule has 0 aromatic carbocycles. The van der Waals surface area contributed by atoms with Gasteiger partial charge in [0.15, 0.2) is 0 Å². The zero-order valence-electron chi connectivity index (χ0n) is 10.1. The van der Waals surface area contributed by atoms with Gasteiger partial charge in [0.2, 0.25) is 0 Å². The lowest BCUT2D eigenvalue weighted by molar-refractivity contribution is 0.0490. The monoisotopic (exact) mass is 219 g/mol. The van der Waals surface area contributed by atoms with Crippen molar-refractivity contribution < 1.29 is 14.2 Å². The summed E-state index contributed by atoms with van der Waals surface area (Å²) >= 11 is 0. The van der Waals surface area contributed by atoms with E-state index in [1.807, 2.05) is 0 Å². The molecular formula is C11H25NO3. The Labute approximate surface area is 93.3 Å². The maximum absolute atomic E-state index is 5.37. The number of methoxy groups -OCH3 is 1. The summed E-state index contributed by atoms with van der Waals surface area (Å²) in [6, 6.07) is 0. The fraction of sp³-hybridized carbons (Fsp3) is 1.00. The first-order chi connectivity index (χ1) is 7.41. The fourth-order valence-electron chi connectivity index (χ4n) is 1.08. The van der Waals surface area contributed by atoms with Crippen LogP contribution in [0.4, 0.5) is 0 Å². The van der Waals surface area contributed by atoms with E-state index in [4.69, 9.17) is 14.2 Å². The summed E-state index contributed by atoms with van der Waals surface area (Å²) in [5.41, 5.74) is 0. The Hall–Kier alpha value is -0.160. The fourth-order valence-corrected chi connectivity index (χ4v) is 1.08. The molecule has 0 radical (unpaired) electrons. The van der Waals surface area contributed by atoms with Crippen LogP contribution in [0.15, 0.2) is 0 Å². The van der Waals surface area contributed by atoms with Gasteiger partial charge in [0.1, 0.15) is 0 Å². The average molecular weight is 219 g/mol. The van der Waals surface area contributed by atoms with Crippen molar-refractivity contribution >= 4 is 0 Å². The van der Waals surface area contributed by atoms with Gasteiger partial charge in [-0.25, -0.2) is 0 Å². The molecule has 0 spiro atoms. The lowest BCUT2D eigenvalue weighted by Crippen LogP contribution is -2.22. The molecule has 0 bridgehead atoms. The van der Waals surface area contributed by atoms with Gasteiger partial charge in [-0.15, -0.1) is 0 Å². The van der Waals surface area contributed by atoms with Crippen molar-refractivity contribution in [3.05, 3.63) is 0 Å². The molecule has 0 saturated carbocycles. The van der Waals surface area contributed by atoms with Crippen molar-refractivity contribution in [3.63, 3.8) is 0 Å². The minimum Gasteiger partial charge on any atom is -0.385 e. The first kappa shape index (κ1) is 14.8. The summed E-state index contributed by atoms with van der Waals surface area (Å²) in [6.45, 7) is 7.79. The Bertz CT molecular complexity index is 100. The van der Waals surface area contributed by atoms with E-state index in [0.29, 0.717) is 13.2 Å². The molecule has 92 valence electrons. The summed E-state index contributed by atoms with van der Waals surface area (Å²) in [5, 5.41) is 3.28. The van der Waals surface area contributed by atoms with Crippen LogP contribution in [0.25, 0.3) is 0 Å². The van der Waals surface area contributed by atoms with E-state index in [0.717, 1.165) is 45.8 Å². The summed E-state index contributed by atoms with van der Waals surface area (Å²) in [6.07, 6.45) is 2.12. The van der Waals surface area contributed by atoms with Gasteiger partial charge in [-0.2, -0.15) is 0 Å². The second-order valence-electron chi connectivity index (χ2n) is 3.32. The van der Waals surface area contributed by atoms with Gasteiger partial charge in [-0.05, 0) is 19.4 Å². The number of ether oxygens (including phenoxy) is 3. The highest BCUT2D eigenvalue weighted by molar-refractivity contribution is 4.46. The molecular weight excluding hydrogens is 194 g/mol. The van der Waals surface area contributed by atoms with E-state index < -0.39 is 0 Å². The molecule has 0 aliphatic heterocycles. The average Bonchev–Trinajstić information content (AvgIpc) is 2.26. The molecule has 0 rings (SSSR count). The molecule has 0 fully saturated rings. The maximum atomic E-state index is 5.37. The van der Waals surface area contributed by atoms with E-state index in [9.17, 15) is 0 Å². The van der Waals surface area contributed by atoms with Crippen molar-refractivity contribution in [2.24, 2.45) is 0 Å². The van der Waals surface area contributed by atoms with Crippen molar-refractivity contribution in [1.82, 2.24) is 5.32 Å². The van der Waals surface area contributed by atoms with E-state index in [1.54, 1.807) is 7.11 Å². The first-order valence-corrected chi connectivity index (χ1v) is 5.77. The van der Waals surface area contributed by atoms with Crippen molar-refractivity contribution in [3.8, 4) is 0 Å². The number of nitrogens with one attached hydrogen (secondary N) is 1. The van der Waals surface area contributed by atoms with Gasteiger partial charge < -0.3 is 19.5 Å². The molecule has 0 heterocycles. The van der Waals surface area contributed by atoms with Crippen LogP contribution in [-0.2, 0) is 14.2 Å². The summed E-state index contributed by atoms with van der Waals surface area (Å²) in [7, 11) is 1.72. The molecule has 0 amide bonds. The second kappa shape index (κ2) is 13.8. The van der Waals surface area contributed by atoms with Gasteiger partial charge >= 0.3 is 0 Å². The van der Waals surface area contributed by atoms with Crippen LogP contribution in [0.2, 0.25) is 0 Å². The minimum absolute atomic E-state index is 0.694. The largest absolute Gasteiger partial charge is 0.385 e. The van der Waals surface area contributed by atoms with Crippen molar-refractivity contribution in [2.45, 2.75) is 19.8 Å². The Kier molecular flexibility index (Phi) is 13.7. The molecule has 0 aromatic heterocycles. The zero-order valence-corrected chi connectivity index (χ0v) is 10.1. The van der Waals surface area contributed by atoms with Crippen LogP contribution in [0.3, 0.4) is 0 Å². The third-order valence-corrected chi connectivity index (χ3v) is 1.85. The normalized spacial score (nSPS) is 10.8. The molecule has 15 heavy (non-hydrogen) atoms. The summed E-state index contributed by atoms with van der Waals surface area (Å²) in [4.78, 5) is 0. The zero-order chi connectivity index (χ0) is 11.2. The van der Waals surface area contributed by atoms with E-state index >= 15 is 0 Å². The summed E-state index contributed by atoms with van der Waals surface area (Å²) in [5.74, 6) is 0. The van der Waals surface area contributed by atoms with Crippen LogP contribution in [0.1, 0.15) is 19.8 Å². The molecule has 0 unspecified atom stereocenters. The standard InChI is InChI=1S/C11H25NO3/c1-3-7-14-10-11-15-9-6-12-5-4-8-13-2/h12H,3-11H2,1-2H3. The lowest BCUT2D eigenvalue weighted by atomic mass is 10.4. The highest BCUT2D eigenvalue weighted by atomic mass is 16.5. The van der Waals surface area contributed by atoms with Gasteiger partial charge in [0.25, 0.3) is 0 Å². The Morgan fingerprint density at radius 2 is 1.60 bits per heavy atom. The predicted molar refractivity (Wildman–Crippen MR) is 61.3 cm³/mol. The Balaban J connectivity index is 2.81. The molecule has 0 aliphatic rings. The minimum atomic E-state index is 0.694. The molecule has 4 heteroatoms. The topological polar surface area (TPSA) is 39.7 Å². The van der Waals surface area contributed by atoms with Gasteiger partial charge in [0, 0.05) is 26.9 Å². The van der Waals surface area contributed by atoms with Crippen LogP contribution in [0.5, 0.6) is 0 Å². The third kappa shape index (κ3) is 13.8. The third-order valence-electron chi connectivity index (χ3n) is 1.85. The highest BCUT2D eigenvalue weighted by Crippen LogP contribution is 1.82. The summed E-state index contributed by atoms with van der Waals surface area (Å²) < 4.78 is 15.6. The van der Waals surface area contributed by atoms with E-state index in [-0.39, 0.29) is 0 Å². The molecule has 4 nitrogen and oxygen atoms in total. The van der Waals surface area contributed by atoms with Crippen LogP contribution in [0, 0.1) is 0 Å². The number of rotatable bonds is 12. The van der Waals surface area contributed by atoms with Crippen molar-refractivity contribution in [2.75, 3.05) is 53.2 Å². The van der Waals surface area contributed by atoms with E-state index in [1.165, 1.54) is 0 Å². The van der Waals surface area contributed by atoms with Gasteiger partial charge in [0.05, 0.1) is 19.8 Å². The van der Waals surface area contributed by atoms with Gasteiger partial charge in [-0.1, -0.05) is 6.92 Å². The molecule has 1 N–H and O–H groups in total. The van der Waals surface area contributed by atoms with Gasteiger partial charge in [-0.3, -0.25) is 0 Å². The smallest absolute Gasteiger partial charge is 0.0701 e. The SMILES string of the molecule is CCCOCCOCCNCCCOC. The molecule has 0 saturated heterocycles. The predicted octanol–water partition coefficient (Wildman–Crippen LogP) is 1.06. The molecule has 0 aromatic rings. The molecule has 0 atom stereocenters. The highest BCUT2D eigenvalue weighted by Gasteiger charge is 1.90. The Morgan fingerprint density at radius 1 is 0.867 bits per heavy atom. The first-order valence-electron chi connectivity index (χ1n) is 5.77. The maximum Gasteiger partial charge on any atom is 0.0701 e.